The second kappa shape index (κ2) is 2.56. The van der Waals surface area contributed by atoms with Gasteiger partial charge in [0.2, 0.25) is 0 Å². The van der Waals surface area contributed by atoms with Crippen molar-refractivity contribution in [1.29, 1.82) is 0 Å². The average molecular weight is 204 g/mol. The molecule has 1 amide bonds. The zero-order valence-electron chi connectivity index (χ0n) is 7.77. The molecule has 0 bridgehead atoms. The van der Waals surface area contributed by atoms with Crippen molar-refractivity contribution in [3.8, 4) is 0 Å². The number of nitrogens with zero attached hydrogens (tertiary/aromatic N) is 1. The Morgan fingerprint density at radius 2 is 2.27 bits per heavy atom. The van der Waals surface area contributed by atoms with Crippen LogP contribution in [-0.4, -0.2) is 16.9 Å². The molecule has 1 fully saturated rings. The van der Waals surface area contributed by atoms with Gasteiger partial charge in [-0.25, -0.2) is 0 Å². The number of non-ortho nitro benzene ring substituents is 1. The molecule has 0 spiro atoms. The number of benzene rings is 1. The highest BCUT2D eigenvalue weighted by atomic mass is 16.6. The topological polar surface area (TPSA) is 72.2 Å². The lowest BCUT2D eigenvalue weighted by atomic mass is 9.99. The number of hydrogen-bond donors (Lipinski definition) is 1. The Bertz CT molecular complexity index is 484. The first-order valence-electron chi connectivity index (χ1n) is 4.76. The van der Waals surface area contributed by atoms with Crippen molar-refractivity contribution >= 4 is 11.6 Å². The Labute approximate surface area is 85.2 Å². The van der Waals surface area contributed by atoms with Crippen LogP contribution in [0.5, 0.6) is 0 Å². The van der Waals surface area contributed by atoms with E-state index in [0.717, 1.165) is 12.0 Å². The van der Waals surface area contributed by atoms with Crippen LogP contribution in [0.3, 0.4) is 0 Å². The third kappa shape index (κ3) is 1.12. The van der Waals surface area contributed by atoms with E-state index in [2.05, 4.69) is 5.32 Å². The fourth-order valence-electron chi connectivity index (χ4n) is 2.12. The monoisotopic (exact) mass is 204 g/mol. The summed E-state index contributed by atoms with van der Waals surface area (Å²) >= 11 is 0. The van der Waals surface area contributed by atoms with E-state index in [9.17, 15) is 14.9 Å². The molecule has 76 valence electrons. The number of rotatable bonds is 1. The van der Waals surface area contributed by atoms with Gasteiger partial charge in [0, 0.05) is 29.7 Å². The van der Waals surface area contributed by atoms with Gasteiger partial charge in [0.05, 0.1) is 4.92 Å². The van der Waals surface area contributed by atoms with Crippen LogP contribution in [0.1, 0.15) is 28.3 Å². The fourth-order valence-corrected chi connectivity index (χ4v) is 2.12. The highest BCUT2D eigenvalue weighted by Gasteiger charge is 2.45. The van der Waals surface area contributed by atoms with E-state index in [1.165, 1.54) is 18.2 Å². The largest absolute Gasteiger partial charge is 0.349 e. The fraction of sp³-hybridized carbons (Fsp3) is 0.300. The van der Waals surface area contributed by atoms with E-state index >= 15 is 0 Å². The van der Waals surface area contributed by atoms with E-state index in [-0.39, 0.29) is 23.6 Å². The van der Waals surface area contributed by atoms with Crippen molar-refractivity contribution in [3.05, 3.63) is 39.4 Å². The molecule has 1 heterocycles. The number of amides is 1. The number of carbonyl (C=O) groups excluding carboxylic acids is 1. The number of nitro benzene ring substituents is 1. The van der Waals surface area contributed by atoms with Gasteiger partial charge in [-0.2, -0.15) is 0 Å². The molecule has 1 saturated carbocycles. The van der Waals surface area contributed by atoms with Gasteiger partial charge >= 0.3 is 0 Å². The third-order valence-electron chi connectivity index (χ3n) is 3.00. The first-order valence-corrected chi connectivity index (χ1v) is 4.76. The van der Waals surface area contributed by atoms with Crippen LogP contribution in [0.2, 0.25) is 0 Å². The smallest absolute Gasteiger partial charge is 0.269 e. The molecule has 3 rings (SSSR count). The van der Waals surface area contributed by atoms with Crippen LogP contribution < -0.4 is 5.32 Å². The summed E-state index contributed by atoms with van der Waals surface area (Å²) in [5.41, 5.74) is 1.48. The molecule has 5 nitrogen and oxygen atoms in total. The summed E-state index contributed by atoms with van der Waals surface area (Å²) in [5.74, 6) is 0.177. The Morgan fingerprint density at radius 1 is 1.47 bits per heavy atom. The van der Waals surface area contributed by atoms with Crippen molar-refractivity contribution in [2.45, 2.75) is 18.4 Å². The molecule has 1 aromatic rings. The number of nitrogens with one attached hydrogen (secondary N) is 1. The SMILES string of the molecule is O=C1NC2CC2c2cc([N+](=O)[O-])ccc21. The maximum atomic E-state index is 11.5. The van der Waals surface area contributed by atoms with Crippen LogP contribution in [0.15, 0.2) is 18.2 Å². The molecule has 1 aliphatic heterocycles. The van der Waals surface area contributed by atoms with Gasteiger partial charge in [0.1, 0.15) is 0 Å². The minimum atomic E-state index is -0.426. The maximum absolute atomic E-state index is 11.5. The first kappa shape index (κ1) is 8.40. The number of carbonyl (C=O) groups is 1. The van der Waals surface area contributed by atoms with Gasteiger partial charge in [0.25, 0.3) is 11.6 Å². The Balaban J connectivity index is 2.14. The summed E-state index contributed by atoms with van der Waals surface area (Å²) in [6, 6.07) is 4.64. The quantitative estimate of drug-likeness (QED) is 0.551. The summed E-state index contributed by atoms with van der Waals surface area (Å²) in [4.78, 5) is 21.7. The average Bonchev–Trinajstić information content (AvgIpc) is 2.96. The van der Waals surface area contributed by atoms with Crippen LogP contribution in [0.4, 0.5) is 5.69 Å². The standard InChI is InChI=1S/C10H8N2O3/c13-10-6-2-1-5(12(14)15)3-7(6)8-4-9(8)11-10/h1-3,8-9H,4H2,(H,11,13). The van der Waals surface area contributed by atoms with Crippen molar-refractivity contribution < 1.29 is 9.72 Å². The first-order chi connectivity index (χ1) is 7.16. The lowest BCUT2D eigenvalue weighted by Gasteiger charge is -2.14. The van der Waals surface area contributed by atoms with E-state index in [0.29, 0.717) is 5.56 Å². The number of nitro groups is 1. The van der Waals surface area contributed by atoms with Gasteiger partial charge in [-0.05, 0) is 18.1 Å². The van der Waals surface area contributed by atoms with E-state index in [1.54, 1.807) is 0 Å². The highest BCUT2D eigenvalue weighted by Crippen LogP contribution is 2.46. The zero-order valence-corrected chi connectivity index (χ0v) is 7.77. The Morgan fingerprint density at radius 3 is 3.00 bits per heavy atom. The third-order valence-corrected chi connectivity index (χ3v) is 3.00. The molecule has 15 heavy (non-hydrogen) atoms. The summed E-state index contributed by atoms with van der Waals surface area (Å²) in [6.45, 7) is 0. The molecule has 2 atom stereocenters. The molecule has 0 radical (unpaired) electrons. The molecule has 1 N–H and O–H groups in total. The molecule has 2 aliphatic rings. The minimum absolute atomic E-state index is 0.0640. The van der Waals surface area contributed by atoms with Crippen LogP contribution in [0.25, 0.3) is 0 Å². The van der Waals surface area contributed by atoms with Crippen molar-refractivity contribution in [2.24, 2.45) is 0 Å². The van der Waals surface area contributed by atoms with E-state index in [1.807, 2.05) is 0 Å². The van der Waals surface area contributed by atoms with E-state index in [4.69, 9.17) is 0 Å². The lowest BCUT2D eigenvalue weighted by Crippen LogP contribution is -2.31. The van der Waals surface area contributed by atoms with Crippen LogP contribution >= 0.6 is 0 Å². The van der Waals surface area contributed by atoms with Crippen LogP contribution in [0, 0.1) is 10.1 Å². The van der Waals surface area contributed by atoms with Crippen molar-refractivity contribution in [2.75, 3.05) is 0 Å². The van der Waals surface area contributed by atoms with Gasteiger partial charge in [0.15, 0.2) is 0 Å². The predicted octanol–water partition coefficient (Wildman–Crippen LogP) is 1.19. The molecule has 5 heteroatoms. The molecule has 2 unspecified atom stereocenters. The van der Waals surface area contributed by atoms with Gasteiger partial charge in [-0.3, -0.25) is 14.9 Å². The molecule has 0 aromatic heterocycles. The van der Waals surface area contributed by atoms with E-state index < -0.39 is 4.92 Å². The predicted molar refractivity (Wildman–Crippen MR) is 51.7 cm³/mol. The van der Waals surface area contributed by atoms with Crippen molar-refractivity contribution in [1.82, 2.24) is 5.32 Å². The summed E-state index contributed by atoms with van der Waals surface area (Å²) in [6.07, 6.45) is 0.903. The van der Waals surface area contributed by atoms with Gasteiger partial charge < -0.3 is 5.32 Å². The van der Waals surface area contributed by atoms with Gasteiger partial charge in [-0.15, -0.1) is 0 Å². The number of fused-ring (bicyclic) bond motifs is 3. The summed E-state index contributed by atoms with van der Waals surface area (Å²) in [7, 11) is 0. The Hall–Kier alpha value is -1.91. The molecular weight excluding hydrogens is 196 g/mol. The second-order valence-electron chi connectivity index (χ2n) is 3.95. The normalized spacial score (nSPS) is 26.3. The molecule has 1 aliphatic carbocycles. The lowest BCUT2D eigenvalue weighted by molar-refractivity contribution is -0.384. The molecule has 1 aromatic carbocycles. The molecular formula is C10H8N2O3. The van der Waals surface area contributed by atoms with Crippen molar-refractivity contribution in [3.63, 3.8) is 0 Å². The number of hydrogen-bond acceptors (Lipinski definition) is 3. The Kier molecular flexibility index (Phi) is 1.44. The van der Waals surface area contributed by atoms with Gasteiger partial charge in [-0.1, -0.05) is 0 Å². The second-order valence-corrected chi connectivity index (χ2v) is 3.95. The highest BCUT2D eigenvalue weighted by molar-refractivity contribution is 5.98. The summed E-state index contributed by atoms with van der Waals surface area (Å²) < 4.78 is 0. The zero-order chi connectivity index (χ0) is 10.6. The summed E-state index contributed by atoms with van der Waals surface area (Å²) in [5, 5.41) is 13.4. The maximum Gasteiger partial charge on any atom is 0.269 e. The minimum Gasteiger partial charge on any atom is -0.349 e. The molecule has 0 saturated heterocycles. The van der Waals surface area contributed by atoms with Crippen LogP contribution in [-0.2, 0) is 0 Å².